The summed E-state index contributed by atoms with van der Waals surface area (Å²) in [7, 11) is 0. The summed E-state index contributed by atoms with van der Waals surface area (Å²) in [4.78, 5) is 0. The maximum Gasteiger partial charge on any atom is 0.187 e. The van der Waals surface area contributed by atoms with Crippen LogP contribution in [0.25, 0.3) is 0 Å². The molecule has 7 rings (SSSR count). The molecule has 7 fully saturated rings. The first-order chi connectivity index (χ1) is 30.5. The Balaban J connectivity index is 1.11. The van der Waals surface area contributed by atoms with Crippen molar-refractivity contribution in [2.75, 3.05) is 19.8 Å². The average Bonchev–Trinajstić information content (AvgIpc) is 3.65. The Morgan fingerprint density at radius 1 is 0.615 bits per heavy atom. The standard InChI is InChI=1S/C47H80O18/c1-21(2)9-8-14-47(7,65-42-39(59)36(56)33(53)28(19-49)61-42)24-13-16-46(6)31(24)26(51)17-25-22-10-11-30(44(3,4)23(22)12-15-45(25,46)5)63-43-40(37(57)34(54)29(20-50)62-43)64-41-38(58)35(55)32(52)27(18-48)60-41/h9,22-43,48-59H,8,10-20H2,1-7H3. The van der Waals surface area contributed by atoms with Gasteiger partial charge in [0.2, 0.25) is 0 Å². The highest BCUT2D eigenvalue weighted by Gasteiger charge is 2.70. The van der Waals surface area contributed by atoms with E-state index in [2.05, 4.69) is 33.8 Å². The number of hydrogen-bond donors (Lipinski definition) is 12. The van der Waals surface area contributed by atoms with E-state index in [-0.39, 0.29) is 40.4 Å². The number of allylic oxidation sites excluding steroid dienone is 2. The van der Waals surface area contributed by atoms with Gasteiger partial charge in [-0.25, -0.2) is 0 Å². The summed E-state index contributed by atoms with van der Waals surface area (Å²) in [5, 5.41) is 128. The molecule has 0 amide bonds. The molecule has 7 aliphatic rings. The molecule has 3 aliphatic heterocycles. The fourth-order valence-electron chi connectivity index (χ4n) is 14.2. The van der Waals surface area contributed by atoms with E-state index in [4.69, 9.17) is 28.4 Å². The molecule has 0 aromatic rings. The molecule has 0 spiro atoms. The molecular weight excluding hydrogens is 852 g/mol. The van der Waals surface area contributed by atoms with Gasteiger partial charge in [0.1, 0.15) is 73.2 Å². The number of rotatable bonds is 13. The lowest BCUT2D eigenvalue weighted by molar-refractivity contribution is -0.377. The van der Waals surface area contributed by atoms with Gasteiger partial charge in [-0.2, -0.15) is 0 Å². The summed E-state index contributed by atoms with van der Waals surface area (Å²) in [6, 6.07) is 0. The topological polar surface area (TPSA) is 298 Å². The fourth-order valence-corrected chi connectivity index (χ4v) is 14.2. The Labute approximate surface area is 382 Å². The van der Waals surface area contributed by atoms with Crippen LogP contribution in [0.3, 0.4) is 0 Å². The lowest BCUT2D eigenvalue weighted by Gasteiger charge is -2.67. The van der Waals surface area contributed by atoms with Gasteiger partial charge in [-0.3, -0.25) is 0 Å². The summed E-state index contributed by atoms with van der Waals surface area (Å²) in [5.41, 5.74) is -0.750. The second-order valence-electron chi connectivity index (χ2n) is 22.2. The highest BCUT2D eigenvalue weighted by Crippen LogP contribution is 2.73. The van der Waals surface area contributed by atoms with Crippen molar-refractivity contribution < 1.29 is 89.7 Å². The number of aliphatic hydroxyl groups is 12. The average molecular weight is 933 g/mol. The van der Waals surface area contributed by atoms with Gasteiger partial charge in [0, 0.05) is 0 Å². The molecule has 18 nitrogen and oxygen atoms in total. The largest absolute Gasteiger partial charge is 0.394 e. The van der Waals surface area contributed by atoms with Crippen molar-refractivity contribution in [2.24, 2.45) is 45.8 Å². The summed E-state index contributed by atoms with van der Waals surface area (Å²) in [5.74, 6) is 0.200. The maximum atomic E-state index is 12.5. The van der Waals surface area contributed by atoms with Crippen LogP contribution < -0.4 is 0 Å². The van der Waals surface area contributed by atoms with Gasteiger partial charge < -0.3 is 89.7 Å². The monoisotopic (exact) mass is 933 g/mol. The lowest BCUT2D eigenvalue weighted by atomic mass is 9.39. The number of hydrogen-bond acceptors (Lipinski definition) is 18. The third-order valence-electron chi connectivity index (χ3n) is 18.2. The quantitative estimate of drug-likeness (QED) is 0.0825. The second-order valence-corrected chi connectivity index (χ2v) is 22.2. The van der Waals surface area contributed by atoms with Crippen molar-refractivity contribution in [2.45, 2.75) is 216 Å². The van der Waals surface area contributed by atoms with Gasteiger partial charge in [0.15, 0.2) is 18.9 Å². The predicted octanol–water partition coefficient (Wildman–Crippen LogP) is -0.417. The Kier molecular flexibility index (Phi) is 15.7. The first-order valence-electron chi connectivity index (χ1n) is 24.0. The lowest BCUT2D eigenvalue weighted by Crippen LogP contribution is -2.66. The van der Waals surface area contributed by atoms with Crippen molar-refractivity contribution in [3.63, 3.8) is 0 Å². The van der Waals surface area contributed by atoms with Crippen LogP contribution in [0.2, 0.25) is 0 Å². The van der Waals surface area contributed by atoms with E-state index in [1.807, 2.05) is 20.8 Å². The zero-order chi connectivity index (χ0) is 47.7. The molecule has 25 unspecified atom stereocenters. The van der Waals surface area contributed by atoms with E-state index >= 15 is 0 Å². The van der Waals surface area contributed by atoms with Crippen LogP contribution >= 0.6 is 0 Å². The third kappa shape index (κ3) is 9.05. The van der Waals surface area contributed by atoms with Crippen LogP contribution in [-0.4, -0.2) is 191 Å². The normalized spacial score (nSPS) is 51.9. The molecule has 4 saturated carbocycles. The highest BCUT2D eigenvalue weighted by atomic mass is 16.8. The molecule has 0 aromatic carbocycles. The van der Waals surface area contributed by atoms with Crippen LogP contribution in [0.5, 0.6) is 0 Å². The number of fused-ring (bicyclic) bond motifs is 5. The molecule has 0 aromatic heterocycles. The third-order valence-corrected chi connectivity index (χ3v) is 18.2. The molecule has 18 heteroatoms. The molecule has 0 bridgehead atoms. The fraction of sp³-hybridized carbons (Fsp3) is 0.957. The van der Waals surface area contributed by atoms with Gasteiger partial charge in [0.05, 0.1) is 37.6 Å². The van der Waals surface area contributed by atoms with Crippen molar-refractivity contribution >= 4 is 0 Å². The summed E-state index contributed by atoms with van der Waals surface area (Å²) < 4.78 is 37.1. The van der Waals surface area contributed by atoms with Crippen LogP contribution in [0.15, 0.2) is 11.6 Å². The SMILES string of the molecule is CC(C)=CCCC(C)(OC1OC(CO)C(O)C(O)C1O)C1CCC2(C)C1C(O)CC1C3CCC(OC4OC(CO)C(O)C(O)C4OC4OC(CO)C(O)C(O)C4O)C(C)(C)C3CCC12C. The molecule has 65 heavy (non-hydrogen) atoms. The first kappa shape index (κ1) is 51.9. The summed E-state index contributed by atoms with van der Waals surface area (Å²) >= 11 is 0. The second kappa shape index (κ2) is 19.7. The summed E-state index contributed by atoms with van der Waals surface area (Å²) in [6.07, 6.45) is -15.1. The van der Waals surface area contributed by atoms with E-state index in [1.54, 1.807) is 0 Å². The van der Waals surface area contributed by atoms with Crippen LogP contribution in [-0.2, 0) is 28.4 Å². The molecular formula is C47H80O18. The van der Waals surface area contributed by atoms with Crippen molar-refractivity contribution in [3.8, 4) is 0 Å². The minimum absolute atomic E-state index is 0.144. The van der Waals surface area contributed by atoms with Crippen molar-refractivity contribution in [3.05, 3.63) is 11.6 Å². The zero-order valence-corrected chi connectivity index (χ0v) is 39.1. The van der Waals surface area contributed by atoms with Crippen LogP contribution in [0, 0.1) is 45.8 Å². The number of aliphatic hydroxyl groups excluding tert-OH is 12. The Morgan fingerprint density at radius 2 is 1.15 bits per heavy atom. The molecule has 0 radical (unpaired) electrons. The van der Waals surface area contributed by atoms with Gasteiger partial charge >= 0.3 is 0 Å². The molecule has 4 aliphatic carbocycles. The first-order valence-corrected chi connectivity index (χ1v) is 24.0. The van der Waals surface area contributed by atoms with Crippen molar-refractivity contribution in [1.29, 1.82) is 0 Å². The van der Waals surface area contributed by atoms with Gasteiger partial charge in [0.25, 0.3) is 0 Å². The van der Waals surface area contributed by atoms with Crippen LogP contribution in [0.1, 0.15) is 106 Å². The minimum Gasteiger partial charge on any atom is -0.394 e. The van der Waals surface area contributed by atoms with E-state index in [1.165, 1.54) is 0 Å². The molecule has 12 N–H and O–H groups in total. The van der Waals surface area contributed by atoms with Crippen LogP contribution in [0.4, 0.5) is 0 Å². The van der Waals surface area contributed by atoms with E-state index in [0.29, 0.717) is 25.7 Å². The Bertz CT molecular complexity index is 1630. The highest BCUT2D eigenvalue weighted by molar-refractivity contribution is 5.18. The van der Waals surface area contributed by atoms with E-state index in [9.17, 15) is 61.3 Å². The smallest absolute Gasteiger partial charge is 0.187 e. The molecule has 3 heterocycles. The molecule has 25 atom stereocenters. The Morgan fingerprint density at radius 3 is 1.74 bits per heavy atom. The molecule has 376 valence electrons. The van der Waals surface area contributed by atoms with E-state index < -0.39 is 135 Å². The van der Waals surface area contributed by atoms with Gasteiger partial charge in [-0.15, -0.1) is 0 Å². The summed E-state index contributed by atoms with van der Waals surface area (Å²) in [6.45, 7) is 13.2. The predicted molar refractivity (Wildman–Crippen MR) is 229 cm³/mol. The van der Waals surface area contributed by atoms with Gasteiger partial charge in [-0.1, -0.05) is 39.3 Å². The maximum absolute atomic E-state index is 12.5. The minimum atomic E-state index is -1.79. The number of ether oxygens (including phenoxy) is 6. The van der Waals surface area contributed by atoms with Gasteiger partial charge in [-0.05, 0) is 124 Å². The van der Waals surface area contributed by atoms with E-state index in [0.717, 1.165) is 37.7 Å². The van der Waals surface area contributed by atoms with Crippen molar-refractivity contribution in [1.82, 2.24) is 0 Å². The molecule has 3 saturated heterocycles. The zero-order valence-electron chi connectivity index (χ0n) is 39.1. The Hall–Kier alpha value is -0.980.